The molecule has 4 rings (SSSR count). The number of carbonyl (C=O) groups excluding carboxylic acids is 1. The van der Waals surface area contributed by atoms with Crippen molar-refractivity contribution >= 4 is 11.7 Å². The zero-order chi connectivity index (χ0) is 22.7. The normalized spacial score (nSPS) is 10.8. The summed E-state index contributed by atoms with van der Waals surface area (Å²) in [4.78, 5) is 36.6. The van der Waals surface area contributed by atoms with Crippen LogP contribution in [-0.4, -0.2) is 24.8 Å². The van der Waals surface area contributed by atoms with Crippen molar-refractivity contribution in [1.82, 2.24) is 18.9 Å². The summed E-state index contributed by atoms with van der Waals surface area (Å²) in [5.74, 6) is 0.129. The smallest absolute Gasteiger partial charge is 0.309 e. The molecule has 0 aliphatic rings. The number of benzene rings is 2. The molecule has 0 saturated carbocycles. The fourth-order valence-corrected chi connectivity index (χ4v) is 3.41. The molecule has 32 heavy (non-hydrogen) atoms. The number of rotatable bonds is 6. The molecule has 8 nitrogen and oxygen atoms in total. The highest BCUT2D eigenvalue weighted by atomic mass is 16.2. The first-order chi connectivity index (χ1) is 15.4. The van der Waals surface area contributed by atoms with Crippen molar-refractivity contribution in [3.05, 3.63) is 105 Å². The minimum Gasteiger partial charge on any atom is -0.309 e. The van der Waals surface area contributed by atoms with E-state index in [4.69, 9.17) is 5.10 Å². The van der Waals surface area contributed by atoms with Gasteiger partial charge in [0.1, 0.15) is 12.4 Å². The molecule has 0 unspecified atom stereocenters. The van der Waals surface area contributed by atoms with Gasteiger partial charge in [0.2, 0.25) is 5.91 Å². The van der Waals surface area contributed by atoms with Gasteiger partial charge in [-0.25, -0.2) is 9.48 Å². The Bertz CT molecular complexity index is 1380. The van der Waals surface area contributed by atoms with Crippen LogP contribution in [0.5, 0.6) is 0 Å². The number of aryl methyl sites for hydroxylation is 1. The first kappa shape index (κ1) is 21.0. The predicted molar refractivity (Wildman–Crippen MR) is 123 cm³/mol. The van der Waals surface area contributed by atoms with Crippen LogP contribution >= 0.6 is 0 Å². The highest BCUT2D eigenvalue weighted by Gasteiger charge is 2.14. The van der Waals surface area contributed by atoms with E-state index in [2.05, 4.69) is 5.32 Å². The quantitative estimate of drug-likeness (QED) is 0.510. The van der Waals surface area contributed by atoms with Crippen molar-refractivity contribution < 1.29 is 4.79 Å². The van der Waals surface area contributed by atoms with Crippen LogP contribution in [0.2, 0.25) is 0 Å². The summed E-state index contributed by atoms with van der Waals surface area (Å²) in [6.45, 7) is 2.27. The minimum absolute atomic E-state index is 0.219. The molecule has 4 aromatic rings. The molecule has 0 atom stereocenters. The van der Waals surface area contributed by atoms with Gasteiger partial charge in [0.25, 0.3) is 5.56 Å². The zero-order valence-corrected chi connectivity index (χ0v) is 17.9. The number of carbonyl (C=O) groups is 1. The van der Waals surface area contributed by atoms with E-state index in [1.54, 1.807) is 4.68 Å². The Kier molecular flexibility index (Phi) is 5.85. The van der Waals surface area contributed by atoms with E-state index in [-0.39, 0.29) is 6.54 Å². The lowest BCUT2D eigenvalue weighted by Crippen LogP contribution is -2.39. The number of hydrogen-bond acceptors (Lipinski definition) is 4. The molecule has 2 aromatic carbocycles. The van der Waals surface area contributed by atoms with E-state index in [9.17, 15) is 14.4 Å². The lowest BCUT2D eigenvalue weighted by molar-refractivity contribution is -0.116. The second-order valence-electron chi connectivity index (χ2n) is 7.60. The number of aromatic nitrogens is 4. The summed E-state index contributed by atoms with van der Waals surface area (Å²) in [6.07, 6.45) is 1.32. The highest BCUT2D eigenvalue weighted by Crippen LogP contribution is 2.23. The topological polar surface area (TPSA) is 90.9 Å². The molecule has 162 valence electrons. The maximum atomic E-state index is 12.7. The maximum absolute atomic E-state index is 12.7. The van der Waals surface area contributed by atoms with E-state index in [0.717, 1.165) is 27.0 Å². The van der Waals surface area contributed by atoms with Gasteiger partial charge in [-0.3, -0.25) is 18.7 Å². The molecule has 2 aromatic heterocycles. The van der Waals surface area contributed by atoms with Gasteiger partial charge in [0.15, 0.2) is 0 Å². The van der Waals surface area contributed by atoms with Crippen molar-refractivity contribution in [2.24, 2.45) is 7.05 Å². The largest absolute Gasteiger partial charge is 0.331 e. The van der Waals surface area contributed by atoms with Crippen molar-refractivity contribution in [3.8, 4) is 11.3 Å². The molecular formula is C24H23N5O3. The first-order valence-corrected chi connectivity index (χ1v) is 10.2. The van der Waals surface area contributed by atoms with Crippen LogP contribution in [-0.2, 0) is 24.9 Å². The van der Waals surface area contributed by atoms with E-state index in [1.807, 2.05) is 67.6 Å². The fourth-order valence-electron chi connectivity index (χ4n) is 3.41. The average molecular weight is 429 g/mol. The zero-order valence-electron chi connectivity index (χ0n) is 17.9. The summed E-state index contributed by atoms with van der Waals surface area (Å²) in [5, 5.41) is 7.57. The molecule has 0 aliphatic heterocycles. The van der Waals surface area contributed by atoms with Gasteiger partial charge in [-0.1, -0.05) is 54.1 Å². The summed E-state index contributed by atoms with van der Waals surface area (Å²) in [6, 6.07) is 20.9. The molecule has 0 aliphatic carbocycles. The van der Waals surface area contributed by atoms with E-state index < -0.39 is 17.2 Å². The number of nitrogens with one attached hydrogen (secondary N) is 1. The van der Waals surface area contributed by atoms with Gasteiger partial charge in [0, 0.05) is 30.9 Å². The Labute approximate surface area is 184 Å². The van der Waals surface area contributed by atoms with E-state index >= 15 is 0 Å². The Morgan fingerprint density at radius 1 is 1.00 bits per heavy atom. The standard InChI is InChI=1S/C24H23N5O3/c1-17-7-6-10-19(13-17)20-14-21(29(26-20)15-18-8-4-3-5-9-18)25-22(30)16-28-12-11-23(31)27(2)24(28)32/h3-14H,15-16H2,1-2H3,(H,25,30). The van der Waals surface area contributed by atoms with Gasteiger partial charge < -0.3 is 5.32 Å². The molecule has 0 spiro atoms. The molecule has 2 heterocycles. The third kappa shape index (κ3) is 4.59. The van der Waals surface area contributed by atoms with Crippen LogP contribution in [0.1, 0.15) is 11.1 Å². The van der Waals surface area contributed by atoms with Crippen LogP contribution in [0, 0.1) is 6.92 Å². The van der Waals surface area contributed by atoms with E-state index in [1.165, 1.54) is 23.9 Å². The van der Waals surface area contributed by atoms with Crippen LogP contribution in [0.25, 0.3) is 11.3 Å². The molecule has 1 N–H and O–H groups in total. The second kappa shape index (κ2) is 8.89. The Morgan fingerprint density at radius 2 is 1.78 bits per heavy atom. The Morgan fingerprint density at radius 3 is 2.53 bits per heavy atom. The number of nitrogens with zero attached hydrogens (tertiary/aromatic N) is 4. The summed E-state index contributed by atoms with van der Waals surface area (Å²) >= 11 is 0. The van der Waals surface area contributed by atoms with Crippen molar-refractivity contribution in [1.29, 1.82) is 0 Å². The number of amides is 1. The molecule has 0 saturated heterocycles. The van der Waals surface area contributed by atoms with Crippen LogP contribution in [0.15, 0.2) is 82.5 Å². The molecule has 1 amide bonds. The monoisotopic (exact) mass is 429 g/mol. The van der Waals surface area contributed by atoms with Crippen molar-refractivity contribution in [2.75, 3.05) is 5.32 Å². The van der Waals surface area contributed by atoms with Gasteiger partial charge in [-0.2, -0.15) is 5.10 Å². The Balaban J connectivity index is 1.64. The predicted octanol–water partition coefficient (Wildman–Crippen LogP) is 2.41. The van der Waals surface area contributed by atoms with Crippen molar-refractivity contribution in [3.63, 3.8) is 0 Å². The number of hydrogen-bond donors (Lipinski definition) is 1. The summed E-state index contributed by atoms with van der Waals surface area (Å²) in [5.41, 5.74) is 2.86. The number of anilines is 1. The summed E-state index contributed by atoms with van der Waals surface area (Å²) < 4.78 is 3.88. The average Bonchev–Trinajstić information content (AvgIpc) is 3.17. The lowest BCUT2D eigenvalue weighted by Gasteiger charge is -2.10. The lowest BCUT2D eigenvalue weighted by atomic mass is 10.1. The van der Waals surface area contributed by atoms with E-state index in [0.29, 0.717) is 12.4 Å². The molecule has 8 heteroatoms. The Hall–Kier alpha value is -4.20. The second-order valence-corrected chi connectivity index (χ2v) is 7.60. The van der Waals surface area contributed by atoms with Crippen LogP contribution in [0.3, 0.4) is 0 Å². The molecule has 0 fully saturated rings. The van der Waals surface area contributed by atoms with Gasteiger partial charge in [-0.05, 0) is 18.6 Å². The SMILES string of the molecule is Cc1cccc(-c2cc(NC(=O)Cn3ccc(=O)n(C)c3=O)n(Cc3ccccc3)n2)c1. The third-order valence-electron chi connectivity index (χ3n) is 5.11. The van der Waals surface area contributed by atoms with Crippen LogP contribution in [0.4, 0.5) is 5.82 Å². The fraction of sp³-hybridized carbons (Fsp3) is 0.167. The van der Waals surface area contributed by atoms with Crippen molar-refractivity contribution in [2.45, 2.75) is 20.0 Å². The molecule has 0 radical (unpaired) electrons. The first-order valence-electron chi connectivity index (χ1n) is 10.2. The minimum atomic E-state index is -0.550. The van der Waals surface area contributed by atoms with Gasteiger partial charge in [-0.15, -0.1) is 0 Å². The molecular weight excluding hydrogens is 406 g/mol. The molecule has 0 bridgehead atoms. The van der Waals surface area contributed by atoms with Gasteiger partial charge >= 0.3 is 5.69 Å². The summed E-state index contributed by atoms with van der Waals surface area (Å²) in [7, 11) is 1.38. The highest BCUT2D eigenvalue weighted by molar-refractivity contribution is 5.90. The van der Waals surface area contributed by atoms with Gasteiger partial charge in [0.05, 0.1) is 12.2 Å². The maximum Gasteiger partial charge on any atom is 0.331 e. The van der Waals surface area contributed by atoms with Crippen LogP contribution < -0.4 is 16.6 Å². The third-order valence-corrected chi connectivity index (χ3v) is 5.11.